The number of halogens is 1. The molecule has 2 aromatic heterocycles. The van der Waals surface area contributed by atoms with E-state index in [2.05, 4.69) is 21.4 Å². The van der Waals surface area contributed by atoms with E-state index in [-0.39, 0.29) is 5.57 Å². The number of hydrogen-bond donors (Lipinski definition) is 1. The SMILES string of the molecule is Cc1ccc(C)n1NC(=O)/C(C#N)=C\c1ccc(Br)o1. The van der Waals surface area contributed by atoms with Gasteiger partial charge in [0.1, 0.15) is 17.4 Å². The highest BCUT2D eigenvalue weighted by Crippen LogP contribution is 2.17. The molecule has 6 heteroatoms. The van der Waals surface area contributed by atoms with E-state index < -0.39 is 5.91 Å². The summed E-state index contributed by atoms with van der Waals surface area (Å²) in [6.07, 6.45) is 1.40. The number of furan rings is 1. The Morgan fingerprint density at radius 2 is 2.00 bits per heavy atom. The van der Waals surface area contributed by atoms with E-state index in [1.54, 1.807) is 16.8 Å². The summed E-state index contributed by atoms with van der Waals surface area (Å²) in [6, 6.07) is 9.00. The zero-order valence-corrected chi connectivity index (χ0v) is 12.6. The van der Waals surface area contributed by atoms with E-state index in [1.165, 1.54) is 6.08 Å². The summed E-state index contributed by atoms with van der Waals surface area (Å²) in [7, 11) is 0. The molecule has 2 rings (SSSR count). The van der Waals surface area contributed by atoms with E-state index in [9.17, 15) is 4.79 Å². The molecule has 2 aromatic rings. The molecule has 0 aromatic carbocycles. The summed E-state index contributed by atoms with van der Waals surface area (Å²) >= 11 is 3.17. The molecule has 0 saturated heterocycles. The van der Waals surface area contributed by atoms with Crippen LogP contribution in [-0.4, -0.2) is 10.6 Å². The Bertz CT molecular complexity index is 700. The molecule has 0 radical (unpaired) electrons. The number of carbonyl (C=O) groups is 1. The lowest BCUT2D eigenvalue weighted by Gasteiger charge is -2.10. The highest BCUT2D eigenvalue weighted by molar-refractivity contribution is 9.10. The second kappa shape index (κ2) is 5.80. The second-order valence-corrected chi connectivity index (χ2v) is 4.99. The Morgan fingerprint density at radius 1 is 1.35 bits per heavy atom. The monoisotopic (exact) mass is 333 g/mol. The standard InChI is InChI=1S/C14H12BrN3O2/c1-9-3-4-10(2)18(9)17-14(19)11(8-16)7-12-5-6-13(15)20-12/h3-7H,1-2H3,(H,17,19)/b11-7-. The average Bonchev–Trinajstić information content (AvgIpc) is 2.96. The quantitative estimate of drug-likeness (QED) is 0.692. The number of nitrogens with zero attached hydrogens (tertiary/aromatic N) is 2. The molecule has 0 fully saturated rings. The number of amides is 1. The normalized spacial score (nSPS) is 11.2. The third-order valence-electron chi connectivity index (χ3n) is 2.73. The zero-order valence-electron chi connectivity index (χ0n) is 11.0. The van der Waals surface area contributed by atoms with Crippen molar-refractivity contribution in [3.05, 3.63) is 51.7 Å². The third kappa shape index (κ3) is 3.00. The van der Waals surface area contributed by atoms with E-state index >= 15 is 0 Å². The van der Waals surface area contributed by atoms with Gasteiger partial charge in [-0.2, -0.15) is 5.26 Å². The van der Waals surface area contributed by atoms with Crippen molar-refractivity contribution in [1.29, 1.82) is 5.26 Å². The third-order valence-corrected chi connectivity index (χ3v) is 3.16. The maximum atomic E-state index is 12.1. The largest absolute Gasteiger partial charge is 0.450 e. The lowest BCUT2D eigenvalue weighted by molar-refractivity contribution is -0.113. The minimum absolute atomic E-state index is 0.0284. The number of carbonyl (C=O) groups excluding carboxylic acids is 1. The van der Waals surface area contributed by atoms with Crippen molar-refractivity contribution >= 4 is 27.9 Å². The number of hydrogen-bond acceptors (Lipinski definition) is 3. The van der Waals surface area contributed by atoms with Crippen molar-refractivity contribution in [2.75, 3.05) is 5.43 Å². The van der Waals surface area contributed by atoms with Crippen LogP contribution >= 0.6 is 15.9 Å². The van der Waals surface area contributed by atoms with Crippen molar-refractivity contribution in [1.82, 2.24) is 4.68 Å². The van der Waals surface area contributed by atoms with Crippen molar-refractivity contribution in [3.8, 4) is 6.07 Å². The summed E-state index contributed by atoms with van der Waals surface area (Å²) in [5.41, 5.74) is 4.41. The van der Waals surface area contributed by atoms with Crippen LogP contribution in [0.5, 0.6) is 0 Å². The van der Waals surface area contributed by atoms with E-state index in [4.69, 9.17) is 9.68 Å². The van der Waals surface area contributed by atoms with Gasteiger partial charge in [-0.05, 0) is 54.0 Å². The smallest absolute Gasteiger partial charge is 0.280 e. The van der Waals surface area contributed by atoms with Gasteiger partial charge in [-0.15, -0.1) is 0 Å². The molecule has 0 unspecified atom stereocenters. The molecule has 0 aliphatic rings. The summed E-state index contributed by atoms with van der Waals surface area (Å²) in [5.74, 6) is -0.0491. The Hall–Kier alpha value is -2.26. The molecule has 2 heterocycles. The van der Waals surface area contributed by atoms with Crippen LogP contribution < -0.4 is 5.43 Å². The van der Waals surface area contributed by atoms with Crippen LogP contribution in [0.15, 0.2) is 38.9 Å². The molecule has 102 valence electrons. The molecule has 5 nitrogen and oxygen atoms in total. The van der Waals surface area contributed by atoms with Gasteiger partial charge in [0.05, 0.1) is 0 Å². The molecule has 0 atom stereocenters. The number of aromatic nitrogens is 1. The van der Waals surface area contributed by atoms with Crippen molar-refractivity contribution < 1.29 is 9.21 Å². The Labute approximate surface area is 124 Å². The fourth-order valence-corrected chi connectivity index (χ4v) is 2.02. The van der Waals surface area contributed by atoms with Gasteiger partial charge in [0.15, 0.2) is 4.67 Å². The number of rotatable bonds is 3. The van der Waals surface area contributed by atoms with Gasteiger partial charge in [-0.25, -0.2) is 0 Å². The number of nitriles is 1. The molecule has 0 bridgehead atoms. The van der Waals surface area contributed by atoms with Gasteiger partial charge in [0, 0.05) is 17.5 Å². The van der Waals surface area contributed by atoms with Gasteiger partial charge >= 0.3 is 0 Å². The highest BCUT2D eigenvalue weighted by Gasteiger charge is 2.12. The van der Waals surface area contributed by atoms with Crippen LogP contribution in [0.4, 0.5) is 0 Å². The first-order chi connectivity index (χ1) is 9.51. The van der Waals surface area contributed by atoms with Crippen LogP contribution in [0.1, 0.15) is 17.1 Å². The predicted molar refractivity (Wildman–Crippen MR) is 78.3 cm³/mol. The van der Waals surface area contributed by atoms with Crippen LogP contribution in [-0.2, 0) is 4.79 Å². The first-order valence-corrected chi connectivity index (χ1v) is 6.64. The maximum absolute atomic E-state index is 12.1. The van der Waals surface area contributed by atoms with Gasteiger partial charge in [-0.1, -0.05) is 0 Å². The first-order valence-electron chi connectivity index (χ1n) is 5.84. The average molecular weight is 334 g/mol. The maximum Gasteiger partial charge on any atom is 0.280 e. The molecule has 0 saturated carbocycles. The topological polar surface area (TPSA) is 71.0 Å². The van der Waals surface area contributed by atoms with Crippen molar-refractivity contribution in [3.63, 3.8) is 0 Å². The lowest BCUT2D eigenvalue weighted by atomic mass is 10.2. The van der Waals surface area contributed by atoms with Crippen molar-refractivity contribution in [2.24, 2.45) is 0 Å². The Morgan fingerprint density at radius 3 is 2.50 bits per heavy atom. The zero-order chi connectivity index (χ0) is 14.7. The van der Waals surface area contributed by atoms with Crippen LogP contribution in [0.3, 0.4) is 0 Å². The molecular formula is C14H12BrN3O2. The van der Waals surface area contributed by atoms with Gasteiger partial charge in [-0.3, -0.25) is 14.9 Å². The minimum atomic E-state index is -0.484. The Balaban J connectivity index is 2.23. The van der Waals surface area contributed by atoms with Gasteiger partial charge < -0.3 is 4.42 Å². The summed E-state index contributed by atoms with van der Waals surface area (Å²) in [5, 5.41) is 9.09. The minimum Gasteiger partial charge on any atom is -0.450 e. The first kappa shape index (κ1) is 14.2. The van der Waals surface area contributed by atoms with Crippen LogP contribution in [0.25, 0.3) is 6.08 Å². The molecule has 0 spiro atoms. The fraction of sp³-hybridized carbons (Fsp3) is 0.143. The number of aryl methyl sites for hydroxylation is 2. The van der Waals surface area contributed by atoms with E-state index in [0.29, 0.717) is 10.4 Å². The molecule has 1 N–H and O–H groups in total. The fourth-order valence-electron chi connectivity index (χ4n) is 1.70. The van der Waals surface area contributed by atoms with Crippen LogP contribution in [0.2, 0.25) is 0 Å². The number of nitrogens with one attached hydrogen (secondary N) is 1. The van der Waals surface area contributed by atoms with Gasteiger partial charge in [0.25, 0.3) is 5.91 Å². The predicted octanol–water partition coefficient (Wildman–Crippen LogP) is 3.14. The van der Waals surface area contributed by atoms with Crippen molar-refractivity contribution in [2.45, 2.75) is 13.8 Å². The lowest BCUT2D eigenvalue weighted by Crippen LogP contribution is -2.25. The Kier molecular flexibility index (Phi) is 4.11. The summed E-state index contributed by atoms with van der Waals surface area (Å²) in [6.45, 7) is 3.74. The summed E-state index contributed by atoms with van der Waals surface area (Å²) < 4.78 is 7.42. The van der Waals surface area contributed by atoms with E-state index in [0.717, 1.165) is 11.4 Å². The van der Waals surface area contributed by atoms with Gasteiger partial charge in [0.2, 0.25) is 0 Å². The highest BCUT2D eigenvalue weighted by atomic mass is 79.9. The molecule has 0 aliphatic carbocycles. The molecule has 1 amide bonds. The summed E-state index contributed by atoms with van der Waals surface area (Å²) in [4.78, 5) is 12.1. The molecule has 0 aliphatic heterocycles. The van der Waals surface area contributed by atoms with Crippen LogP contribution in [0, 0.1) is 25.2 Å². The second-order valence-electron chi connectivity index (χ2n) is 4.20. The van der Waals surface area contributed by atoms with E-state index in [1.807, 2.05) is 32.0 Å². The molecular weight excluding hydrogens is 322 g/mol. The molecule has 20 heavy (non-hydrogen) atoms.